The molecule has 3 aromatic rings. The molecule has 170 valence electrons. The summed E-state index contributed by atoms with van der Waals surface area (Å²) >= 11 is 1.25. The maximum Gasteiger partial charge on any atom is 0.337 e. The number of aromatic nitrogens is 2. The number of esters is 1. The van der Waals surface area contributed by atoms with Crippen LogP contribution < -0.4 is 24.4 Å². The van der Waals surface area contributed by atoms with Gasteiger partial charge in [0.1, 0.15) is 0 Å². The summed E-state index contributed by atoms with van der Waals surface area (Å²) in [6, 6.07) is 8.34. The highest BCUT2D eigenvalue weighted by atomic mass is 32.1. The Bertz CT molecular complexity index is 1380. The molecule has 0 spiro atoms. The topological polar surface area (TPSA) is 92.0 Å². The van der Waals surface area contributed by atoms with Gasteiger partial charge in [0, 0.05) is 18.6 Å². The van der Waals surface area contributed by atoms with Crippen LogP contribution in [-0.2, 0) is 9.53 Å². The first-order valence-electron chi connectivity index (χ1n) is 10.5. The van der Waals surface area contributed by atoms with Gasteiger partial charge in [0.2, 0.25) is 0 Å². The van der Waals surface area contributed by atoms with Gasteiger partial charge in [-0.15, -0.1) is 0 Å². The molecule has 0 radical (unpaired) electrons. The Labute approximate surface area is 194 Å². The van der Waals surface area contributed by atoms with E-state index in [9.17, 15) is 9.59 Å². The minimum atomic E-state index is -0.723. The minimum absolute atomic E-state index is 0.254. The Morgan fingerprint density at radius 1 is 1.18 bits per heavy atom. The minimum Gasteiger partial charge on any atom is -0.490 e. The zero-order chi connectivity index (χ0) is 23.4. The first-order valence-corrected chi connectivity index (χ1v) is 11.3. The molecule has 3 heterocycles. The normalized spacial score (nSPS) is 15.3. The monoisotopic (exact) mass is 465 g/mol. The Kier molecular flexibility index (Phi) is 6.69. The summed E-state index contributed by atoms with van der Waals surface area (Å²) in [6.07, 6.45) is 6.58. The zero-order valence-electron chi connectivity index (χ0n) is 18.5. The van der Waals surface area contributed by atoms with Crippen LogP contribution in [-0.4, -0.2) is 35.8 Å². The van der Waals surface area contributed by atoms with Gasteiger partial charge in [0.05, 0.1) is 36.5 Å². The van der Waals surface area contributed by atoms with E-state index in [-0.39, 0.29) is 11.1 Å². The second kappa shape index (κ2) is 9.83. The van der Waals surface area contributed by atoms with Crippen molar-refractivity contribution in [3.05, 3.63) is 85.3 Å². The van der Waals surface area contributed by atoms with Crippen molar-refractivity contribution in [2.45, 2.75) is 19.9 Å². The van der Waals surface area contributed by atoms with Gasteiger partial charge in [-0.1, -0.05) is 23.5 Å². The molecule has 0 amide bonds. The van der Waals surface area contributed by atoms with Crippen LogP contribution in [0.2, 0.25) is 0 Å². The van der Waals surface area contributed by atoms with Crippen molar-refractivity contribution >= 4 is 23.4 Å². The number of thiazole rings is 1. The number of nitrogens with zero attached hydrogens (tertiary/aromatic N) is 3. The predicted molar refractivity (Wildman–Crippen MR) is 124 cm³/mol. The van der Waals surface area contributed by atoms with Crippen molar-refractivity contribution in [2.75, 3.05) is 20.3 Å². The number of carbonyl (C=O) groups is 1. The van der Waals surface area contributed by atoms with Crippen molar-refractivity contribution in [1.82, 2.24) is 9.55 Å². The number of benzene rings is 1. The summed E-state index contributed by atoms with van der Waals surface area (Å²) in [6.45, 7) is 4.69. The Morgan fingerprint density at radius 2 is 1.97 bits per heavy atom. The molecule has 1 aliphatic rings. The lowest BCUT2D eigenvalue weighted by molar-refractivity contribution is -0.136. The maximum atomic E-state index is 13.5. The molecule has 33 heavy (non-hydrogen) atoms. The van der Waals surface area contributed by atoms with Crippen LogP contribution in [0, 0.1) is 0 Å². The molecule has 1 aromatic carbocycles. The largest absolute Gasteiger partial charge is 0.490 e. The summed E-state index contributed by atoms with van der Waals surface area (Å²) in [7, 11) is 1.30. The van der Waals surface area contributed by atoms with Gasteiger partial charge in [-0.05, 0) is 49.2 Å². The highest BCUT2D eigenvalue weighted by Crippen LogP contribution is 2.35. The molecule has 0 N–H and O–H groups in total. The number of ether oxygens (including phenoxy) is 3. The zero-order valence-corrected chi connectivity index (χ0v) is 19.3. The SMILES string of the molecule is CCOc1ccc([C@@H]2C(C(=O)OC)=CN=c3s/c(=C\c4cccnc4)c(=O)n32)cc1OCC. The Morgan fingerprint density at radius 3 is 2.67 bits per heavy atom. The van der Waals surface area contributed by atoms with Crippen molar-refractivity contribution in [3.8, 4) is 11.5 Å². The molecule has 2 aromatic heterocycles. The fourth-order valence-corrected chi connectivity index (χ4v) is 4.57. The van der Waals surface area contributed by atoms with Crippen LogP contribution in [0.1, 0.15) is 31.0 Å². The van der Waals surface area contributed by atoms with E-state index >= 15 is 0 Å². The third-order valence-corrected chi connectivity index (χ3v) is 5.99. The first kappa shape index (κ1) is 22.5. The quantitative estimate of drug-likeness (QED) is 0.497. The summed E-state index contributed by atoms with van der Waals surface area (Å²) < 4.78 is 18.4. The maximum absolute atomic E-state index is 13.5. The predicted octanol–water partition coefficient (Wildman–Crippen LogP) is 2.21. The van der Waals surface area contributed by atoms with Crippen LogP contribution in [0.4, 0.5) is 0 Å². The van der Waals surface area contributed by atoms with Crippen molar-refractivity contribution < 1.29 is 19.0 Å². The second-order valence-electron chi connectivity index (χ2n) is 7.03. The molecule has 9 heteroatoms. The Hall–Kier alpha value is -3.72. The molecule has 1 aliphatic heterocycles. The van der Waals surface area contributed by atoms with E-state index in [0.29, 0.717) is 39.6 Å². The van der Waals surface area contributed by atoms with Crippen molar-refractivity contribution in [1.29, 1.82) is 0 Å². The van der Waals surface area contributed by atoms with Crippen LogP contribution in [0.15, 0.2) is 64.3 Å². The van der Waals surface area contributed by atoms with Gasteiger partial charge >= 0.3 is 5.97 Å². The second-order valence-corrected chi connectivity index (χ2v) is 8.04. The van der Waals surface area contributed by atoms with Gasteiger partial charge < -0.3 is 14.2 Å². The highest BCUT2D eigenvalue weighted by molar-refractivity contribution is 7.07. The third kappa shape index (κ3) is 4.45. The number of pyridine rings is 1. The lowest BCUT2D eigenvalue weighted by atomic mass is 9.97. The van der Waals surface area contributed by atoms with E-state index in [1.54, 1.807) is 36.7 Å². The van der Waals surface area contributed by atoms with Crippen LogP contribution >= 0.6 is 11.3 Å². The van der Waals surface area contributed by atoms with Gasteiger partial charge in [-0.2, -0.15) is 0 Å². The number of hydrogen-bond donors (Lipinski definition) is 0. The third-order valence-electron chi connectivity index (χ3n) is 4.99. The molecule has 0 bridgehead atoms. The molecular formula is C24H23N3O5S. The Balaban J connectivity index is 1.91. The number of hydrogen-bond acceptors (Lipinski definition) is 8. The number of carbonyl (C=O) groups excluding carboxylic acids is 1. The smallest absolute Gasteiger partial charge is 0.337 e. The fourth-order valence-electron chi connectivity index (χ4n) is 3.60. The molecule has 0 fully saturated rings. The molecular weight excluding hydrogens is 442 g/mol. The van der Waals surface area contributed by atoms with Crippen molar-refractivity contribution in [3.63, 3.8) is 0 Å². The molecule has 0 unspecified atom stereocenters. The van der Waals surface area contributed by atoms with Crippen LogP contribution in [0.3, 0.4) is 0 Å². The van der Waals surface area contributed by atoms with Crippen molar-refractivity contribution in [2.24, 2.45) is 4.99 Å². The highest BCUT2D eigenvalue weighted by Gasteiger charge is 2.31. The van der Waals surface area contributed by atoms with E-state index in [2.05, 4.69) is 9.98 Å². The number of fused-ring (bicyclic) bond motifs is 1. The molecule has 0 saturated carbocycles. The van der Waals surface area contributed by atoms with E-state index in [0.717, 1.165) is 5.56 Å². The van der Waals surface area contributed by atoms with Gasteiger partial charge in [0.25, 0.3) is 5.56 Å². The summed E-state index contributed by atoms with van der Waals surface area (Å²) in [4.78, 5) is 35.0. The van der Waals surface area contributed by atoms with Crippen LogP contribution in [0.5, 0.6) is 11.5 Å². The first-order chi connectivity index (χ1) is 16.1. The van der Waals surface area contributed by atoms with E-state index in [1.165, 1.54) is 29.2 Å². The average molecular weight is 466 g/mol. The molecule has 8 nitrogen and oxygen atoms in total. The fraction of sp³-hybridized carbons (Fsp3) is 0.250. The van der Waals surface area contributed by atoms with E-state index in [1.807, 2.05) is 26.0 Å². The van der Waals surface area contributed by atoms with Gasteiger partial charge in [0.15, 0.2) is 16.3 Å². The summed E-state index contributed by atoms with van der Waals surface area (Å²) in [5, 5.41) is 0. The lowest BCUT2D eigenvalue weighted by Gasteiger charge is -2.23. The lowest BCUT2D eigenvalue weighted by Crippen LogP contribution is -2.39. The van der Waals surface area contributed by atoms with Gasteiger partial charge in [-0.3, -0.25) is 14.3 Å². The van der Waals surface area contributed by atoms with Gasteiger partial charge in [-0.25, -0.2) is 9.79 Å². The summed E-state index contributed by atoms with van der Waals surface area (Å²) in [5.41, 5.74) is 1.48. The number of methoxy groups -OCH3 is 1. The molecule has 0 saturated heterocycles. The molecule has 0 aliphatic carbocycles. The molecule has 1 atom stereocenters. The van der Waals surface area contributed by atoms with E-state index < -0.39 is 12.0 Å². The van der Waals surface area contributed by atoms with E-state index in [4.69, 9.17) is 14.2 Å². The van der Waals surface area contributed by atoms with Crippen LogP contribution in [0.25, 0.3) is 6.08 Å². The number of rotatable bonds is 7. The average Bonchev–Trinajstić information content (AvgIpc) is 3.15. The molecule has 4 rings (SSSR count). The summed E-state index contributed by atoms with van der Waals surface area (Å²) in [5.74, 6) is 0.573. The standard InChI is InChI=1S/C24H23N3O5S/c1-4-31-18-9-8-16(12-19(18)32-5-2)21-17(23(29)30-3)14-26-24-27(21)22(28)20(33-24)11-15-7-6-10-25-13-15/h6-14,21H,4-5H2,1-3H3/b20-11-/t21-/m1/s1.